The number of carbonyl (C=O) groups excluding carboxylic acids is 1. The van der Waals surface area contributed by atoms with Gasteiger partial charge in [0.15, 0.2) is 0 Å². The van der Waals surface area contributed by atoms with Crippen molar-refractivity contribution in [3.63, 3.8) is 0 Å². The Morgan fingerprint density at radius 1 is 1.31 bits per heavy atom. The summed E-state index contributed by atoms with van der Waals surface area (Å²) in [5.74, 6) is 1.27. The highest BCUT2D eigenvalue weighted by Crippen LogP contribution is 2.18. The van der Waals surface area contributed by atoms with Crippen molar-refractivity contribution in [1.82, 2.24) is 14.9 Å². The van der Waals surface area contributed by atoms with Crippen LogP contribution in [-0.2, 0) is 4.79 Å². The lowest BCUT2D eigenvalue weighted by molar-refractivity contribution is -0.117. The number of benzene rings is 1. The summed E-state index contributed by atoms with van der Waals surface area (Å²) in [7, 11) is 1.61. The van der Waals surface area contributed by atoms with Crippen LogP contribution in [0.4, 0.5) is 5.69 Å². The zero-order valence-corrected chi connectivity index (χ0v) is 15.1. The van der Waals surface area contributed by atoms with Crippen LogP contribution in [0.15, 0.2) is 36.7 Å². The lowest BCUT2D eigenvalue weighted by Crippen LogP contribution is -2.42. The second-order valence-electron chi connectivity index (χ2n) is 6.37. The van der Waals surface area contributed by atoms with E-state index < -0.39 is 0 Å². The van der Waals surface area contributed by atoms with Crippen molar-refractivity contribution in [3.8, 4) is 11.6 Å². The van der Waals surface area contributed by atoms with Gasteiger partial charge >= 0.3 is 0 Å². The number of hydrogen-bond donors (Lipinski definition) is 1. The number of hydrogen-bond acceptors (Lipinski definition) is 6. The number of methoxy groups -OCH3 is 1. The lowest BCUT2D eigenvalue weighted by Gasteiger charge is -2.31. The average molecular weight is 356 g/mol. The molecule has 7 heteroatoms. The third-order valence-corrected chi connectivity index (χ3v) is 4.28. The number of carbonyl (C=O) groups is 1. The molecular formula is C19H24N4O3. The quantitative estimate of drug-likeness (QED) is 0.856. The Morgan fingerprint density at radius 2 is 2.12 bits per heavy atom. The van der Waals surface area contributed by atoms with Crippen LogP contribution in [0.5, 0.6) is 11.6 Å². The third kappa shape index (κ3) is 5.16. The second-order valence-corrected chi connectivity index (χ2v) is 6.37. The molecule has 1 saturated heterocycles. The van der Waals surface area contributed by atoms with Crippen LogP contribution in [-0.4, -0.2) is 53.6 Å². The SMILES string of the molecule is COc1cccc(NC(=O)CN2CCC(Oc3cncc(C)n3)CC2)c1. The highest BCUT2D eigenvalue weighted by molar-refractivity contribution is 5.92. The Kier molecular flexibility index (Phi) is 6.01. The predicted octanol–water partition coefficient (Wildman–Crippen LogP) is 2.28. The molecule has 3 rings (SSSR count). The second kappa shape index (κ2) is 8.62. The minimum atomic E-state index is -0.0258. The summed E-state index contributed by atoms with van der Waals surface area (Å²) in [5, 5.41) is 2.91. The molecule has 138 valence electrons. The maximum atomic E-state index is 12.2. The van der Waals surface area contributed by atoms with Gasteiger partial charge in [0.2, 0.25) is 11.8 Å². The molecule has 0 atom stereocenters. The summed E-state index contributed by atoms with van der Waals surface area (Å²) >= 11 is 0. The monoisotopic (exact) mass is 356 g/mol. The molecule has 2 heterocycles. The molecule has 1 amide bonds. The first-order valence-corrected chi connectivity index (χ1v) is 8.74. The molecular weight excluding hydrogens is 332 g/mol. The van der Waals surface area contributed by atoms with Gasteiger partial charge in [-0.1, -0.05) is 6.07 Å². The molecule has 1 fully saturated rings. The average Bonchev–Trinajstić information content (AvgIpc) is 2.63. The molecule has 1 aliphatic rings. The number of rotatable bonds is 6. The molecule has 0 aliphatic carbocycles. The first-order chi connectivity index (χ1) is 12.6. The van der Waals surface area contributed by atoms with Gasteiger partial charge in [0.05, 0.1) is 25.5 Å². The van der Waals surface area contributed by atoms with Crippen LogP contribution in [0.2, 0.25) is 0 Å². The molecule has 0 saturated carbocycles. The van der Waals surface area contributed by atoms with Crippen molar-refractivity contribution in [3.05, 3.63) is 42.4 Å². The minimum absolute atomic E-state index is 0.0258. The summed E-state index contributed by atoms with van der Waals surface area (Å²) < 4.78 is 11.1. The normalized spacial score (nSPS) is 15.5. The predicted molar refractivity (Wildman–Crippen MR) is 98.5 cm³/mol. The summed E-state index contributed by atoms with van der Waals surface area (Å²) in [6, 6.07) is 7.36. The van der Waals surface area contributed by atoms with E-state index in [9.17, 15) is 4.79 Å². The largest absolute Gasteiger partial charge is 0.497 e. The Hall–Kier alpha value is -2.67. The van der Waals surface area contributed by atoms with Crippen LogP contribution in [0.25, 0.3) is 0 Å². The number of ether oxygens (including phenoxy) is 2. The van der Waals surface area contributed by atoms with Crippen LogP contribution >= 0.6 is 0 Å². The number of aromatic nitrogens is 2. The third-order valence-electron chi connectivity index (χ3n) is 4.28. The van der Waals surface area contributed by atoms with Gasteiger partial charge in [0, 0.05) is 31.0 Å². The number of amides is 1. The van der Waals surface area contributed by atoms with E-state index in [0.29, 0.717) is 12.4 Å². The standard InChI is InChI=1S/C19H24N4O3/c1-14-11-20-12-19(21-14)26-16-6-8-23(9-7-16)13-18(24)22-15-4-3-5-17(10-15)25-2/h3-5,10-12,16H,6-9,13H2,1-2H3,(H,22,24). The molecule has 26 heavy (non-hydrogen) atoms. The molecule has 0 bridgehead atoms. The van der Waals surface area contributed by atoms with E-state index >= 15 is 0 Å². The fraction of sp³-hybridized carbons (Fsp3) is 0.421. The van der Waals surface area contributed by atoms with Gasteiger partial charge < -0.3 is 14.8 Å². The first-order valence-electron chi connectivity index (χ1n) is 8.74. The number of aryl methyl sites for hydroxylation is 1. The highest BCUT2D eigenvalue weighted by Gasteiger charge is 2.22. The van der Waals surface area contributed by atoms with E-state index in [1.165, 1.54) is 0 Å². The minimum Gasteiger partial charge on any atom is -0.497 e. The van der Waals surface area contributed by atoms with Crippen LogP contribution in [0.3, 0.4) is 0 Å². The van der Waals surface area contributed by atoms with Gasteiger partial charge in [0.25, 0.3) is 0 Å². The van der Waals surface area contributed by atoms with E-state index in [1.54, 1.807) is 25.6 Å². The van der Waals surface area contributed by atoms with Crippen molar-refractivity contribution < 1.29 is 14.3 Å². The Labute approximate surface area is 153 Å². The van der Waals surface area contributed by atoms with E-state index in [2.05, 4.69) is 20.2 Å². The Morgan fingerprint density at radius 3 is 2.85 bits per heavy atom. The molecule has 0 radical (unpaired) electrons. The molecule has 0 spiro atoms. The Bertz CT molecular complexity index is 745. The maximum Gasteiger partial charge on any atom is 0.238 e. The van der Waals surface area contributed by atoms with Crippen LogP contribution in [0, 0.1) is 6.92 Å². The van der Waals surface area contributed by atoms with E-state index in [-0.39, 0.29) is 12.0 Å². The molecule has 7 nitrogen and oxygen atoms in total. The zero-order chi connectivity index (χ0) is 18.4. The lowest BCUT2D eigenvalue weighted by atomic mass is 10.1. The van der Waals surface area contributed by atoms with Gasteiger partial charge in [0.1, 0.15) is 11.9 Å². The Balaban J connectivity index is 1.44. The number of likely N-dealkylation sites (tertiary alicyclic amines) is 1. The van der Waals surface area contributed by atoms with Gasteiger partial charge in [-0.2, -0.15) is 0 Å². The van der Waals surface area contributed by atoms with E-state index in [1.807, 2.05) is 25.1 Å². The highest BCUT2D eigenvalue weighted by atomic mass is 16.5. The number of nitrogens with zero attached hydrogens (tertiary/aromatic N) is 3. The number of anilines is 1. The van der Waals surface area contributed by atoms with Crippen LogP contribution in [0.1, 0.15) is 18.5 Å². The van der Waals surface area contributed by atoms with Crippen molar-refractivity contribution in [2.24, 2.45) is 0 Å². The zero-order valence-electron chi connectivity index (χ0n) is 15.1. The van der Waals surface area contributed by atoms with Crippen LogP contribution < -0.4 is 14.8 Å². The van der Waals surface area contributed by atoms with Gasteiger partial charge in [-0.05, 0) is 31.9 Å². The summed E-state index contributed by atoms with van der Waals surface area (Å²) in [6.45, 7) is 3.89. The molecule has 1 aromatic carbocycles. The summed E-state index contributed by atoms with van der Waals surface area (Å²) in [4.78, 5) is 22.8. The number of nitrogens with one attached hydrogen (secondary N) is 1. The molecule has 0 unspecified atom stereocenters. The van der Waals surface area contributed by atoms with Gasteiger partial charge in [-0.3, -0.25) is 14.7 Å². The van der Waals surface area contributed by atoms with E-state index in [4.69, 9.17) is 9.47 Å². The van der Waals surface area contributed by atoms with Crippen molar-refractivity contribution in [2.45, 2.75) is 25.9 Å². The number of piperidine rings is 1. The van der Waals surface area contributed by atoms with Crippen molar-refractivity contribution in [1.29, 1.82) is 0 Å². The smallest absolute Gasteiger partial charge is 0.238 e. The van der Waals surface area contributed by atoms with E-state index in [0.717, 1.165) is 43.1 Å². The van der Waals surface area contributed by atoms with Gasteiger partial charge in [-0.25, -0.2) is 4.98 Å². The molecule has 1 N–H and O–H groups in total. The molecule has 1 aliphatic heterocycles. The molecule has 1 aromatic heterocycles. The van der Waals surface area contributed by atoms with Crippen molar-refractivity contribution >= 4 is 11.6 Å². The summed E-state index contributed by atoms with van der Waals surface area (Å²) in [5.41, 5.74) is 1.58. The first kappa shape index (κ1) is 18.1. The maximum absolute atomic E-state index is 12.2. The molecule has 2 aromatic rings. The fourth-order valence-electron chi connectivity index (χ4n) is 2.96. The fourth-order valence-corrected chi connectivity index (χ4v) is 2.96. The topological polar surface area (TPSA) is 76.6 Å². The van der Waals surface area contributed by atoms with Crippen molar-refractivity contribution in [2.75, 3.05) is 32.1 Å². The van der Waals surface area contributed by atoms with Gasteiger partial charge in [-0.15, -0.1) is 0 Å². The summed E-state index contributed by atoms with van der Waals surface area (Å²) in [6.07, 6.45) is 5.19.